The van der Waals surface area contributed by atoms with Gasteiger partial charge in [0.2, 0.25) is 0 Å². The zero-order chi connectivity index (χ0) is 13.7. The highest BCUT2D eigenvalue weighted by molar-refractivity contribution is 9.11. The summed E-state index contributed by atoms with van der Waals surface area (Å²) in [5.41, 5.74) is 1.24. The molecule has 4 heteroatoms. The molecular formula is C15H18BrNOS. The van der Waals surface area contributed by atoms with E-state index in [0.29, 0.717) is 0 Å². The van der Waals surface area contributed by atoms with Gasteiger partial charge in [-0.25, -0.2) is 0 Å². The Labute approximate surface area is 126 Å². The van der Waals surface area contributed by atoms with Crippen LogP contribution in [-0.2, 0) is 6.42 Å². The third kappa shape index (κ3) is 4.42. The molecule has 2 aromatic rings. The van der Waals surface area contributed by atoms with E-state index in [0.717, 1.165) is 10.2 Å². The standard InChI is InChI=1S/C15H18BrNOS/c1-11(14-7-8-15(16)19-14)17-13(10-18)9-12-5-3-2-4-6-12/h2-8,11,13,17-18H,9-10H2,1H3. The molecule has 19 heavy (non-hydrogen) atoms. The van der Waals surface area contributed by atoms with Gasteiger partial charge < -0.3 is 10.4 Å². The molecule has 0 fully saturated rings. The van der Waals surface area contributed by atoms with E-state index < -0.39 is 0 Å². The Morgan fingerprint density at radius 2 is 1.95 bits per heavy atom. The maximum atomic E-state index is 9.52. The maximum Gasteiger partial charge on any atom is 0.0701 e. The molecule has 2 rings (SSSR count). The monoisotopic (exact) mass is 339 g/mol. The smallest absolute Gasteiger partial charge is 0.0701 e. The summed E-state index contributed by atoms with van der Waals surface area (Å²) in [6, 6.07) is 14.8. The minimum absolute atomic E-state index is 0.0817. The Kier molecular flexibility index (Phi) is 5.58. The minimum Gasteiger partial charge on any atom is -0.395 e. The van der Waals surface area contributed by atoms with E-state index in [1.807, 2.05) is 18.2 Å². The summed E-state index contributed by atoms with van der Waals surface area (Å²) in [6.45, 7) is 2.28. The summed E-state index contributed by atoms with van der Waals surface area (Å²) in [6.07, 6.45) is 0.841. The van der Waals surface area contributed by atoms with E-state index in [-0.39, 0.29) is 18.7 Å². The zero-order valence-electron chi connectivity index (χ0n) is 10.8. The lowest BCUT2D eigenvalue weighted by Crippen LogP contribution is -2.36. The molecule has 1 aromatic heterocycles. The normalized spacial score (nSPS) is 14.3. The van der Waals surface area contributed by atoms with Crippen LogP contribution in [0.1, 0.15) is 23.4 Å². The Morgan fingerprint density at radius 3 is 2.53 bits per heavy atom. The average molecular weight is 340 g/mol. The number of aliphatic hydroxyl groups excluding tert-OH is 1. The number of thiophene rings is 1. The van der Waals surface area contributed by atoms with Gasteiger partial charge in [0.25, 0.3) is 0 Å². The van der Waals surface area contributed by atoms with Crippen LogP contribution in [-0.4, -0.2) is 17.8 Å². The zero-order valence-corrected chi connectivity index (χ0v) is 13.2. The van der Waals surface area contributed by atoms with Crippen LogP contribution in [0.4, 0.5) is 0 Å². The van der Waals surface area contributed by atoms with Gasteiger partial charge in [0.05, 0.1) is 10.4 Å². The fraction of sp³-hybridized carbons (Fsp3) is 0.333. The highest BCUT2D eigenvalue weighted by Crippen LogP contribution is 2.27. The van der Waals surface area contributed by atoms with Crippen molar-refractivity contribution in [2.24, 2.45) is 0 Å². The molecular weight excluding hydrogens is 322 g/mol. The lowest BCUT2D eigenvalue weighted by Gasteiger charge is -2.21. The molecule has 2 N–H and O–H groups in total. The number of aliphatic hydroxyl groups is 1. The molecule has 0 bridgehead atoms. The molecule has 102 valence electrons. The summed E-state index contributed by atoms with van der Waals surface area (Å²) >= 11 is 5.21. The van der Waals surface area contributed by atoms with Crippen LogP contribution in [0.25, 0.3) is 0 Å². The van der Waals surface area contributed by atoms with Gasteiger partial charge in [-0.05, 0) is 47.0 Å². The van der Waals surface area contributed by atoms with Crippen molar-refractivity contribution in [2.75, 3.05) is 6.61 Å². The molecule has 1 aromatic carbocycles. The van der Waals surface area contributed by atoms with Gasteiger partial charge in [0.1, 0.15) is 0 Å². The Hall–Kier alpha value is -0.680. The molecule has 0 aliphatic heterocycles. The average Bonchev–Trinajstić information content (AvgIpc) is 2.86. The molecule has 0 amide bonds. The van der Waals surface area contributed by atoms with Crippen molar-refractivity contribution in [3.05, 3.63) is 56.7 Å². The fourth-order valence-electron chi connectivity index (χ4n) is 2.07. The summed E-state index contributed by atoms with van der Waals surface area (Å²) in [4.78, 5) is 1.28. The lowest BCUT2D eigenvalue weighted by molar-refractivity contribution is 0.233. The predicted molar refractivity (Wildman–Crippen MR) is 84.6 cm³/mol. The topological polar surface area (TPSA) is 32.3 Å². The maximum absolute atomic E-state index is 9.52. The SMILES string of the molecule is CC(NC(CO)Cc1ccccc1)c1ccc(Br)s1. The molecule has 1 heterocycles. The van der Waals surface area contributed by atoms with Crippen LogP contribution >= 0.6 is 27.3 Å². The molecule has 2 atom stereocenters. The predicted octanol–water partition coefficient (Wildman–Crippen LogP) is 3.76. The summed E-state index contributed by atoms with van der Waals surface area (Å²) < 4.78 is 1.14. The van der Waals surface area contributed by atoms with Gasteiger partial charge in [0.15, 0.2) is 0 Å². The highest BCUT2D eigenvalue weighted by atomic mass is 79.9. The Balaban J connectivity index is 1.95. The second-order valence-corrected chi connectivity index (χ2v) is 7.09. The van der Waals surface area contributed by atoms with Crippen molar-refractivity contribution in [1.29, 1.82) is 0 Å². The van der Waals surface area contributed by atoms with Gasteiger partial charge in [-0.1, -0.05) is 30.3 Å². The number of nitrogens with one attached hydrogen (secondary N) is 1. The van der Waals surface area contributed by atoms with Crippen molar-refractivity contribution < 1.29 is 5.11 Å². The first-order valence-corrected chi connectivity index (χ1v) is 7.96. The van der Waals surface area contributed by atoms with E-state index in [1.54, 1.807) is 11.3 Å². The molecule has 0 saturated heterocycles. The molecule has 0 radical (unpaired) electrons. The van der Waals surface area contributed by atoms with Gasteiger partial charge in [0, 0.05) is 17.0 Å². The molecule has 0 aliphatic carbocycles. The summed E-state index contributed by atoms with van der Waals surface area (Å²) in [5, 5.41) is 13.0. The largest absolute Gasteiger partial charge is 0.395 e. The lowest BCUT2D eigenvalue weighted by atomic mass is 10.1. The van der Waals surface area contributed by atoms with Crippen LogP contribution in [0, 0.1) is 0 Å². The summed E-state index contributed by atoms with van der Waals surface area (Å²) in [7, 11) is 0. The van der Waals surface area contributed by atoms with E-state index in [2.05, 4.69) is 52.4 Å². The van der Waals surface area contributed by atoms with Crippen LogP contribution in [0.15, 0.2) is 46.3 Å². The van der Waals surface area contributed by atoms with Crippen LogP contribution in [0.3, 0.4) is 0 Å². The fourth-order valence-corrected chi connectivity index (χ4v) is 3.51. The van der Waals surface area contributed by atoms with E-state index in [1.165, 1.54) is 10.4 Å². The van der Waals surface area contributed by atoms with Crippen molar-refractivity contribution in [1.82, 2.24) is 5.32 Å². The molecule has 0 aliphatic rings. The summed E-state index contributed by atoms with van der Waals surface area (Å²) in [5.74, 6) is 0. The van der Waals surface area contributed by atoms with Gasteiger partial charge in [-0.15, -0.1) is 11.3 Å². The highest BCUT2D eigenvalue weighted by Gasteiger charge is 2.14. The quantitative estimate of drug-likeness (QED) is 0.839. The van der Waals surface area contributed by atoms with Crippen LogP contribution in [0.2, 0.25) is 0 Å². The Bertz CT molecular complexity index is 500. The third-order valence-electron chi connectivity index (χ3n) is 3.05. The molecule has 0 saturated carbocycles. The van der Waals surface area contributed by atoms with E-state index >= 15 is 0 Å². The number of hydrogen-bond acceptors (Lipinski definition) is 3. The van der Waals surface area contributed by atoms with Crippen molar-refractivity contribution in [3.8, 4) is 0 Å². The van der Waals surface area contributed by atoms with Crippen molar-refractivity contribution >= 4 is 27.3 Å². The number of benzene rings is 1. The molecule has 2 nitrogen and oxygen atoms in total. The van der Waals surface area contributed by atoms with Crippen molar-refractivity contribution in [2.45, 2.75) is 25.4 Å². The second-order valence-electron chi connectivity index (χ2n) is 4.60. The van der Waals surface area contributed by atoms with Crippen molar-refractivity contribution in [3.63, 3.8) is 0 Å². The first-order chi connectivity index (χ1) is 9.19. The number of rotatable bonds is 6. The third-order valence-corrected chi connectivity index (χ3v) is 4.86. The van der Waals surface area contributed by atoms with Crippen LogP contribution in [0.5, 0.6) is 0 Å². The second kappa shape index (κ2) is 7.20. The molecule has 2 unspecified atom stereocenters. The number of halogens is 1. The first-order valence-electron chi connectivity index (χ1n) is 6.35. The van der Waals surface area contributed by atoms with E-state index in [4.69, 9.17) is 0 Å². The van der Waals surface area contributed by atoms with Gasteiger partial charge in [-0.3, -0.25) is 0 Å². The minimum atomic E-state index is 0.0817. The number of hydrogen-bond donors (Lipinski definition) is 2. The van der Waals surface area contributed by atoms with Crippen LogP contribution < -0.4 is 5.32 Å². The van der Waals surface area contributed by atoms with Gasteiger partial charge >= 0.3 is 0 Å². The first kappa shape index (κ1) is 14.7. The van der Waals surface area contributed by atoms with E-state index in [9.17, 15) is 5.11 Å². The van der Waals surface area contributed by atoms with Gasteiger partial charge in [-0.2, -0.15) is 0 Å². The Morgan fingerprint density at radius 1 is 1.21 bits per heavy atom. The molecule has 0 spiro atoms.